The van der Waals surface area contributed by atoms with E-state index in [1.807, 2.05) is 17.8 Å². The Bertz CT molecular complexity index is 387. The van der Waals surface area contributed by atoms with Gasteiger partial charge in [0.1, 0.15) is 5.82 Å². The van der Waals surface area contributed by atoms with Gasteiger partial charge in [-0.3, -0.25) is 0 Å². The first-order chi connectivity index (χ1) is 8.40. The van der Waals surface area contributed by atoms with E-state index in [2.05, 4.69) is 24.1 Å². The van der Waals surface area contributed by atoms with Crippen molar-refractivity contribution < 1.29 is 5.11 Å². The highest BCUT2D eigenvalue weighted by Crippen LogP contribution is 2.39. The molecule has 102 valence electrons. The zero-order valence-corrected chi connectivity index (χ0v) is 11.7. The molecule has 4 heteroatoms. The van der Waals surface area contributed by atoms with Gasteiger partial charge in [0, 0.05) is 26.0 Å². The lowest BCUT2D eigenvalue weighted by molar-refractivity contribution is -0.0246. The number of hydrogen-bond donors (Lipinski definition) is 2. The molecule has 0 saturated heterocycles. The van der Waals surface area contributed by atoms with Crippen LogP contribution in [0.25, 0.3) is 0 Å². The molecule has 0 bridgehead atoms. The van der Waals surface area contributed by atoms with E-state index in [4.69, 9.17) is 0 Å². The summed E-state index contributed by atoms with van der Waals surface area (Å²) < 4.78 is 2.00. The molecule has 1 aliphatic carbocycles. The predicted octanol–water partition coefficient (Wildman–Crippen LogP) is 1.84. The van der Waals surface area contributed by atoms with E-state index >= 15 is 0 Å². The maximum absolute atomic E-state index is 10.5. The van der Waals surface area contributed by atoms with Gasteiger partial charge in [-0.1, -0.05) is 13.8 Å². The van der Waals surface area contributed by atoms with Crippen molar-refractivity contribution in [2.45, 2.75) is 51.7 Å². The van der Waals surface area contributed by atoms with E-state index in [0.29, 0.717) is 12.0 Å². The van der Waals surface area contributed by atoms with Crippen molar-refractivity contribution in [1.82, 2.24) is 14.9 Å². The van der Waals surface area contributed by atoms with Crippen LogP contribution in [-0.2, 0) is 13.6 Å². The SMILES string of the molecule is Cn1ccnc1CNCC1(O)CCC(C)(C)CC1. The zero-order valence-electron chi connectivity index (χ0n) is 11.7. The smallest absolute Gasteiger partial charge is 0.122 e. The number of hydrogen-bond acceptors (Lipinski definition) is 3. The maximum Gasteiger partial charge on any atom is 0.122 e. The summed E-state index contributed by atoms with van der Waals surface area (Å²) in [5.74, 6) is 1.01. The fourth-order valence-corrected chi connectivity index (χ4v) is 2.54. The molecule has 1 aliphatic rings. The van der Waals surface area contributed by atoms with Gasteiger partial charge in [-0.25, -0.2) is 4.98 Å². The van der Waals surface area contributed by atoms with Gasteiger partial charge in [0.15, 0.2) is 0 Å². The number of nitrogens with one attached hydrogen (secondary N) is 1. The summed E-state index contributed by atoms with van der Waals surface area (Å²) in [7, 11) is 1.99. The van der Waals surface area contributed by atoms with Gasteiger partial charge in [0.25, 0.3) is 0 Å². The van der Waals surface area contributed by atoms with E-state index < -0.39 is 5.60 Å². The zero-order chi connectivity index (χ0) is 13.2. The number of imidazole rings is 1. The second kappa shape index (κ2) is 5.02. The molecule has 1 saturated carbocycles. The van der Waals surface area contributed by atoms with Crippen LogP contribution in [0.5, 0.6) is 0 Å². The minimum Gasteiger partial charge on any atom is -0.389 e. The first kappa shape index (κ1) is 13.6. The van der Waals surface area contributed by atoms with E-state index in [1.165, 1.54) is 0 Å². The van der Waals surface area contributed by atoms with Crippen LogP contribution in [0.3, 0.4) is 0 Å². The van der Waals surface area contributed by atoms with Gasteiger partial charge < -0.3 is 15.0 Å². The molecule has 4 nitrogen and oxygen atoms in total. The average molecular weight is 251 g/mol. The van der Waals surface area contributed by atoms with Crippen molar-refractivity contribution in [3.8, 4) is 0 Å². The highest BCUT2D eigenvalue weighted by atomic mass is 16.3. The molecule has 1 aromatic rings. The average Bonchev–Trinajstić information content (AvgIpc) is 2.70. The molecular weight excluding hydrogens is 226 g/mol. The van der Waals surface area contributed by atoms with E-state index in [-0.39, 0.29) is 0 Å². The van der Waals surface area contributed by atoms with Crippen LogP contribution in [0.15, 0.2) is 12.4 Å². The normalized spacial score (nSPS) is 22.0. The van der Waals surface area contributed by atoms with Crippen molar-refractivity contribution in [3.05, 3.63) is 18.2 Å². The molecule has 2 rings (SSSR count). The van der Waals surface area contributed by atoms with E-state index in [9.17, 15) is 5.11 Å². The second-order valence-electron chi connectivity index (χ2n) is 6.45. The van der Waals surface area contributed by atoms with Gasteiger partial charge in [0.05, 0.1) is 12.1 Å². The number of aryl methyl sites for hydroxylation is 1. The van der Waals surface area contributed by atoms with Gasteiger partial charge in [0.2, 0.25) is 0 Å². The lowest BCUT2D eigenvalue weighted by Crippen LogP contribution is -2.45. The largest absolute Gasteiger partial charge is 0.389 e. The summed E-state index contributed by atoms with van der Waals surface area (Å²) in [5, 5.41) is 13.8. The van der Waals surface area contributed by atoms with Gasteiger partial charge in [-0.05, 0) is 31.1 Å². The number of nitrogens with zero attached hydrogens (tertiary/aromatic N) is 2. The van der Waals surface area contributed by atoms with Crippen molar-refractivity contribution in [2.75, 3.05) is 6.54 Å². The summed E-state index contributed by atoms with van der Waals surface area (Å²) in [5.41, 5.74) is -0.132. The minimum absolute atomic E-state index is 0.395. The Morgan fingerprint density at radius 2 is 2.00 bits per heavy atom. The molecule has 18 heavy (non-hydrogen) atoms. The molecular formula is C14H25N3O. The molecule has 1 aromatic heterocycles. The monoisotopic (exact) mass is 251 g/mol. The van der Waals surface area contributed by atoms with Gasteiger partial charge in [-0.2, -0.15) is 0 Å². The first-order valence-corrected chi connectivity index (χ1v) is 6.80. The Hall–Kier alpha value is -0.870. The third-order valence-corrected chi connectivity index (χ3v) is 4.19. The Kier molecular flexibility index (Phi) is 3.78. The quantitative estimate of drug-likeness (QED) is 0.858. The summed E-state index contributed by atoms with van der Waals surface area (Å²) in [4.78, 5) is 4.26. The van der Waals surface area contributed by atoms with Crippen LogP contribution in [0.4, 0.5) is 0 Å². The first-order valence-electron chi connectivity index (χ1n) is 6.80. The summed E-state index contributed by atoms with van der Waals surface area (Å²) in [6.07, 6.45) is 7.74. The van der Waals surface area contributed by atoms with Gasteiger partial charge in [-0.15, -0.1) is 0 Å². The predicted molar refractivity (Wildman–Crippen MR) is 72.1 cm³/mol. The van der Waals surface area contributed by atoms with Gasteiger partial charge >= 0.3 is 0 Å². The molecule has 0 radical (unpaired) electrons. The third kappa shape index (κ3) is 3.33. The van der Waals surface area contributed by atoms with Crippen LogP contribution in [0.2, 0.25) is 0 Å². The van der Waals surface area contributed by atoms with Crippen LogP contribution >= 0.6 is 0 Å². The van der Waals surface area contributed by atoms with Crippen LogP contribution in [0, 0.1) is 5.41 Å². The molecule has 0 spiro atoms. The van der Waals surface area contributed by atoms with Crippen molar-refractivity contribution in [2.24, 2.45) is 12.5 Å². The molecule has 0 aromatic carbocycles. The Balaban J connectivity index is 1.78. The number of aromatic nitrogens is 2. The molecule has 0 amide bonds. The Morgan fingerprint density at radius 1 is 1.33 bits per heavy atom. The molecule has 2 N–H and O–H groups in total. The topological polar surface area (TPSA) is 50.1 Å². The second-order valence-corrected chi connectivity index (χ2v) is 6.45. The lowest BCUT2D eigenvalue weighted by atomic mass is 9.71. The summed E-state index contributed by atoms with van der Waals surface area (Å²) >= 11 is 0. The standard InChI is InChI=1S/C14H25N3O/c1-13(2)4-6-14(18,7-5-13)11-15-10-12-16-8-9-17(12)3/h8-9,15,18H,4-7,10-11H2,1-3H3. The molecule has 0 atom stereocenters. The molecule has 0 aliphatic heterocycles. The minimum atomic E-state index is -0.527. The summed E-state index contributed by atoms with van der Waals surface area (Å²) in [6, 6.07) is 0. The maximum atomic E-state index is 10.5. The van der Waals surface area contributed by atoms with Crippen LogP contribution in [-0.4, -0.2) is 26.8 Å². The molecule has 1 fully saturated rings. The van der Waals surface area contributed by atoms with Crippen LogP contribution in [0.1, 0.15) is 45.4 Å². The van der Waals surface area contributed by atoms with E-state index in [1.54, 1.807) is 6.20 Å². The van der Waals surface area contributed by atoms with E-state index in [0.717, 1.165) is 38.1 Å². The van der Waals surface area contributed by atoms with Crippen molar-refractivity contribution in [3.63, 3.8) is 0 Å². The van der Waals surface area contributed by atoms with Crippen LogP contribution < -0.4 is 5.32 Å². The Morgan fingerprint density at radius 3 is 2.56 bits per heavy atom. The highest BCUT2D eigenvalue weighted by molar-refractivity contribution is 4.93. The fourth-order valence-electron chi connectivity index (χ4n) is 2.54. The summed E-state index contributed by atoms with van der Waals surface area (Å²) in [6.45, 7) is 5.95. The fraction of sp³-hybridized carbons (Fsp3) is 0.786. The highest BCUT2D eigenvalue weighted by Gasteiger charge is 2.36. The van der Waals surface area contributed by atoms with Crippen molar-refractivity contribution in [1.29, 1.82) is 0 Å². The third-order valence-electron chi connectivity index (χ3n) is 4.19. The molecule has 0 unspecified atom stereocenters. The lowest BCUT2D eigenvalue weighted by Gasteiger charge is -2.40. The van der Waals surface area contributed by atoms with Crippen molar-refractivity contribution >= 4 is 0 Å². The molecule has 1 heterocycles. The number of aliphatic hydroxyl groups is 1. The number of rotatable bonds is 4. The Labute approximate surface area is 109 Å².